The molecule has 1 amide bonds. The molecule has 0 aromatic carbocycles. The normalized spacial score (nSPS) is 9.70. The molecule has 0 fully saturated rings. The van der Waals surface area contributed by atoms with Crippen LogP contribution in [-0.4, -0.2) is 5.91 Å². The number of primary amides is 1. The molecule has 0 unspecified atom stereocenters. The molecular weight excluding hydrogens is 246 g/mol. The monoisotopic (exact) mass is 283 g/mol. The second kappa shape index (κ2) is 20.5. The highest BCUT2D eigenvalue weighted by Gasteiger charge is 1.92. The van der Waals surface area contributed by atoms with Crippen LogP contribution in [0.1, 0.15) is 97.3 Å². The van der Waals surface area contributed by atoms with Gasteiger partial charge in [-0.05, 0) is 19.3 Å². The maximum absolute atomic E-state index is 10.3. The van der Waals surface area contributed by atoms with Crippen molar-refractivity contribution in [2.75, 3.05) is 0 Å². The van der Waals surface area contributed by atoms with Crippen LogP contribution in [0.5, 0.6) is 0 Å². The van der Waals surface area contributed by atoms with E-state index in [-0.39, 0.29) is 5.91 Å². The minimum absolute atomic E-state index is 0.170. The van der Waals surface area contributed by atoms with E-state index in [1.54, 1.807) is 0 Å². The van der Waals surface area contributed by atoms with E-state index in [4.69, 9.17) is 5.73 Å². The standard InChI is InChI=1S/C10H20.C8H17NO/c1-3-5-7-9-10-8-6-4-2;1-2-3-4-5-6-7-8(9)10/h3H,1,4-10H2,2H3;2-7H2,1H3,(H2,9,10). The summed E-state index contributed by atoms with van der Waals surface area (Å²) in [5, 5.41) is 0. The second-order valence-corrected chi connectivity index (χ2v) is 5.48. The first-order valence-electron chi connectivity index (χ1n) is 8.58. The molecule has 0 spiro atoms. The highest BCUT2D eigenvalue weighted by molar-refractivity contribution is 5.73. The lowest BCUT2D eigenvalue weighted by molar-refractivity contribution is -0.118. The van der Waals surface area contributed by atoms with Crippen LogP contribution in [0, 0.1) is 0 Å². The van der Waals surface area contributed by atoms with Gasteiger partial charge in [-0.15, -0.1) is 6.58 Å². The predicted molar refractivity (Wildman–Crippen MR) is 90.8 cm³/mol. The molecule has 120 valence electrons. The maximum Gasteiger partial charge on any atom is 0.217 e. The van der Waals surface area contributed by atoms with Gasteiger partial charge < -0.3 is 5.73 Å². The Bertz CT molecular complexity index is 202. The molecule has 0 aliphatic heterocycles. The molecule has 0 heterocycles. The van der Waals surface area contributed by atoms with E-state index >= 15 is 0 Å². The van der Waals surface area contributed by atoms with Gasteiger partial charge in [-0.3, -0.25) is 4.79 Å². The Hall–Kier alpha value is -0.790. The Labute approximate surface area is 127 Å². The number of carbonyl (C=O) groups excluding carboxylic acids is 1. The van der Waals surface area contributed by atoms with Crippen molar-refractivity contribution in [2.24, 2.45) is 5.73 Å². The number of allylic oxidation sites excluding steroid dienone is 1. The van der Waals surface area contributed by atoms with Gasteiger partial charge in [0.25, 0.3) is 0 Å². The minimum atomic E-state index is -0.170. The minimum Gasteiger partial charge on any atom is -0.370 e. The maximum atomic E-state index is 10.3. The fourth-order valence-electron chi connectivity index (χ4n) is 1.97. The molecule has 0 aliphatic rings. The molecule has 0 saturated carbocycles. The second-order valence-electron chi connectivity index (χ2n) is 5.48. The van der Waals surface area contributed by atoms with Crippen molar-refractivity contribution in [2.45, 2.75) is 97.3 Å². The van der Waals surface area contributed by atoms with Gasteiger partial charge in [0.05, 0.1) is 0 Å². The van der Waals surface area contributed by atoms with Crippen LogP contribution in [0.3, 0.4) is 0 Å². The van der Waals surface area contributed by atoms with Gasteiger partial charge in [-0.1, -0.05) is 77.7 Å². The van der Waals surface area contributed by atoms with Crippen molar-refractivity contribution < 1.29 is 4.79 Å². The summed E-state index contributed by atoms with van der Waals surface area (Å²) in [5.41, 5.74) is 4.97. The van der Waals surface area contributed by atoms with Gasteiger partial charge in [-0.2, -0.15) is 0 Å². The first-order valence-corrected chi connectivity index (χ1v) is 8.58. The van der Waals surface area contributed by atoms with E-state index < -0.39 is 0 Å². The Kier molecular flexibility index (Phi) is 22.1. The molecule has 0 radical (unpaired) electrons. The Morgan fingerprint density at radius 2 is 1.30 bits per heavy atom. The van der Waals surface area contributed by atoms with Crippen LogP contribution in [0.4, 0.5) is 0 Å². The Morgan fingerprint density at radius 3 is 1.75 bits per heavy atom. The Morgan fingerprint density at radius 1 is 0.850 bits per heavy atom. The fourth-order valence-corrected chi connectivity index (χ4v) is 1.97. The third-order valence-electron chi connectivity index (χ3n) is 3.29. The molecule has 20 heavy (non-hydrogen) atoms. The van der Waals surface area contributed by atoms with Gasteiger partial charge in [-0.25, -0.2) is 0 Å². The number of amides is 1. The lowest BCUT2D eigenvalue weighted by atomic mass is 10.1. The average molecular weight is 283 g/mol. The van der Waals surface area contributed by atoms with Crippen LogP contribution in [0.15, 0.2) is 12.7 Å². The summed E-state index contributed by atoms with van der Waals surface area (Å²) >= 11 is 0. The molecular formula is C18H37NO. The number of hydrogen-bond acceptors (Lipinski definition) is 1. The van der Waals surface area contributed by atoms with Crippen LogP contribution in [0.25, 0.3) is 0 Å². The molecule has 2 heteroatoms. The van der Waals surface area contributed by atoms with Crippen molar-refractivity contribution in [3.63, 3.8) is 0 Å². The van der Waals surface area contributed by atoms with E-state index in [9.17, 15) is 4.79 Å². The van der Waals surface area contributed by atoms with Gasteiger partial charge in [0, 0.05) is 6.42 Å². The molecule has 0 aromatic rings. The molecule has 2 N–H and O–H groups in total. The summed E-state index contributed by atoms with van der Waals surface area (Å²) in [6.45, 7) is 8.12. The largest absolute Gasteiger partial charge is 0.370 e. The smallest absolute Gasteiger partial charge is 0.217 e. The van der Waals surface area contributed by atoms with Gasteiger partial charge in [0.1, 0.15) is 0 Å². The number of nitrogens with two attached hydrogens (primary N) is 1. The molecule has 0 aromatic heterocycles. The van der Waals surface area contributed by atoms with E-state index in [2.05, 4.69) is 20.4 Å². The Balaban J connectivity index is 0. The summed E-state index contributed by atoms with van der Waals surface area (Å²) in [5.74, 6) is -0.170. The highest BCUT2D eigenvalue weighted by Crippen LogP contribution is 2.06. The molecule has 0 atom stereocenters. The number of carbonyl (C=O) groups is 1. The lowest BCUT2D eigenvalue weighted by Crippen LogP contribution is -2.09. The lowest BCUT2D eigenvalue weighted by Gasteiger charge is -1.96. The van der Waals surface area contributed by atoms with Crippen molar-refractivity contribution in [1.29, 1.82) is 0 Å². The van der Waals surface area contributed by atoms with Crippen molar-refractivity contribution in [3.05, 3.63) is 12.7 Å². The third-order valence-corrected chi connectivity index (χ3v) is 3.29. The summed E-state index contributed by atoms with van der Waals surface area (Å²) in [6.07, 6.45) is 18.0. The quantitative estimate of drug-likeness (QED) is 0.339. The van der Waals surface area contributed by atoms with Crippen LogP contribution in [0.2, 0.25) is 0 Å². The first kappa shape index (κ1) is 21.5. The summed E-state index contributed by atoms with van der Waals surface area (Å²) in [6, 6.07) is 0. The average Bonchev–Trinajstić information content (AvgIpc) is 2.43. The van der Waals surface area contributed by atoms with Crippen molar-refractivity contribution in [3.8, 4) is 0 Å². The van der Waals surface area contributed by atoms with Crippen molar-refractivity contribution in [1.82, 2.24) is 0 Å². The number of unbranched alkanes of at least 4 members (excludes halogenated alkanes) is 10. The summed E-state index contributed by atoms with van der Waals surface area (Å²) in [4.78, 5) is 10.3. The number of rotatable bonds is 13. The topological polar surface area (TPSA) is 43.1 Å². The molecule has 2 nitrogen and oxygen atoms in total. The molecule has 0 rings (SSSR count). The van der Waals surface area contributed by atoms with Gasteiger partial charge in [0.2, 0.25) is 5.91 Å². The van der Waals surface area contributed by atoms with Gasteiger partial charge >= 0.3 is 0 Å². The fraction of sp³-hybridized carbons (Fsp3) is 0.833. The van der Waals surface area contributed by atoms with E-state index in [0.717, 1.165) is 12.8 Å². The number of hydrogen-bond donors (Lipinski definition) is 1. The summed E-state index contributed by atoms with van der Waals surface area (Å²) < 4.78 is 0. The third kappa shape index (κ3) is 25.9. The molecule has 0 saturated heterocycles. The predicted octanol–water partition coefficient (Wildman–Crippen LogP) is 5.76. The zero-order valence-electron chi connectivity index (χ0n) is 14.0. The van der Waals surface area contributed by atoms with Crippen LogP contribution < -0.4 is 5.73 Å². The van der Waals surface area contributed by atoms with Crippen LogP contribution in [-0.2, 0) is 4.79 Å². The van der Waals surface area contributed by atoms with E-state index in [1.165, 1.54) is 64.2 Å². The summed E-state index contributed by atoms with van der Waals surface area (Å²) in [7, 11) is 0. The van der Waals surface area contributed by atoms with E-state index in [1.807, 2.05) is 6.08 Å². The zero-order valence-corrected chi connectivity index (χ0v) is 14.0. The van der Waals surface area contributed by atoms with Crippen molar-refractivity contribution >= 4 is 5.91 Å². The first-order chi connectivity index (χ1) is 9.68. The molecule has 0 aliphatic carbocycles. The SMILES string of the molecule is C=CCCCCCCCC.CCCCCCCC(N)=O. The molecule has 0 bridgehead atoms. The van der Waals surface area contributed by atoms with Crippen LogP contribution >= 0.6 is 0 Å². The highest BCUT2D eigenvalue weighted by atomic mass is 16.1. The zero-order chi connectivity index (χ0) is 15.5. The van der Waals surface area contributed by atoms with E-state index in [0.29, 0.717) is 6.42 Å². The van der Waals surface area contributed by atoms with Gasteiger partial charge in [0.15, 0.2) is 0 Å².